The first-order valence-electron chi connectivity index (χ1n) is 7.79. The Hall–Kier alpha value is -0.120. The predicted octanol–water partition coefficient (Wildman–Crippen LogP) is 2.12. The number of hydrogen-bond acceptors (Lipinski definition) is 3. The number of hydrogen-bond donors (Lipinski definition) is 1. The van der Waals surface area contributed by atoms with Crippen LogP contribution >= 0.6 is 0 Å². The predicted molar refractivity (Wildman–Crippen MR) is 75.9 cm³/mol. The molecular weight excluding hydrogens is 224 g/mol. The number of rotatable bonds is 6. The summed E-state index contributed by atoms with van der Waals surface area (Å²) in [7, 11) is 0. The van der Waals surface area contributed by atoms with Crippen LogP contribution in [0, 0.1) is 11.3 Å². The first-order chi connectivity index (χ1) is 8.78. The number of likely N-dealkylation sites (tertiary alicyclic amines) is 1. The van der Waals surface area contributed by atoms with Crippen LogP contribution in [-0.4, -0.2) is 50.8 Å². The highest BCUT2D eigenvalue weighted by atomic mass is 16.5. The summed E-state index contributed by atoms with van der Waals surface area (Å²) in [5.74, 6) is 0.978. The highest BCUT2D eigenvalue weighted by Gasteiger charge is 2.36. The van der Waals surface area contributed by atoms with Crippen molar-refractivity contribution >= 4 is 0 Å². The molecule has 18 heavy (non-hydrogen) atoms. The van der Waals surface area contributed by atoms with Crippen molar-refractivity contribution in [2.24, 2.45) is 11.3 Å². The van der Waals surface area contributed by atoms with Crippen LogP contribution < -0.4 is 5.32 Å². The Morgan fingerprint density at radius 2 is 2.06 bits per heavy atom. The van der Waals surface area contributed by atoms with Crippen molar-refractivity contribution in [3.8, 4) is 0 Å². The van der Waals surface area contributed by atoms with Gasteiger partial charge in [-0.05, 0) is 44.8 Å². The van der Waals surface area contributed by atoms with Crippen LogP contribution in [0.4, 0.5) is 0 Å². The lowest BCUT2D eigenvalue weighted by atomic mass is 9.85. The molecule has 0 aromatic carbocycles. The third-order valence-corrected chi connectivity index (χ3v) is 4.78. The molecule has 106 valence electrons. The normalized spacial score (nSPS) is 31.0. The van der Waals surface area contributed by atoms with Crippen LogP contribution in [0.1, 0.15) is 39.5 Å². The van der Waals surface area contributed by atoms with E-state index in [0.29, 0.717) is 5.41 Å². The molecule has 2 aliphatic heterocycles. The molecule has 2 aliphatic rings. The molecule has 0 bridgehead atoms. The number of nitrogens with one attached hydrogen (secondary N) is 1. The number of ether oxygens (including phenoxy) is 1. The quantitative estimate of drug-likeness (QED) is 0.786. The maximum absolute atomic E-state index is 5.67. The van der Waals surface area contributed by atoms with Gasteiger partial charge in [0.1, 0.15) is 0 Å². The van der Waals surface area contributed by atoms with Crippen molar-refractivity contribution in [3.63, 3.8) is 0 Å². The fraction of sp³-hybridized carbons (Fsp3) is 1.00. The zero-order chi connectivity index (χ0) is 12.8. The van der Waals surface area contributed by atoms with Gasteiger partial charge in [0, 0.05) is 25.1 Å². The third-order valence-electron chi connectivity index (χ3n) is 4.78. The Kier molecular flexibility index (Phi) is 5.46. The Morgan fingerprint density at radius 3 is 2.61 bits per heavy atom. The Bertz CT molecular complexity index is 231. The smallest absolute Gasteiger partial charge is 0.0547 e. The summed E-state index contributed by atoms with van der Waals surface area (Å²) in [6.45, 7) is 12.4. The molecule has 2 saturated heterocycles. The van der Waals surface area contributed by atoms with Gasteiger partial charge in [-0.25, -0.2) is 0 Å². The molecule has 0 amide bonds. The van der Waals surface area contributed by atoms with E-state index >= 15 is 0 Å². The molecule has 1 atom stereocenters. The lowest BCUT2D eigenvalue weighted by molar-refractivity contribution is 0.0870. The highest BCUT2D eigenvalue weighted by Crippen LogP contribution is 2.31. The van der Waals surface area contributed by atoms with Crippen molar-refractivity contribution in [2.75, 3.05) is 45.9 Å². The van der Waals surface area contributed by atoms with Crippen LogP contribution in [0.5, 0.6) is 0 Å². The van der Waals surface area contributed by atoms with Crippen LogP contribution in [0.2, 0.25) is 0 Å². The lowest BCUT2D eigenvalue weighted by Crippen LogP contribution is -2.47. The summed E-state index contributed by atoms with van der Waals surface area (Å²) in [4.78, 5) is 2.68. The summed E-state index contributed by atoms with van der Waals surface area (Å²) >= 11 is 0. The van der Waals surface area contributed by atoms with E-state index in [0.717, 1.165) is 32.2 Å². The molecule has 3 heteroatoms. The first kappa shape index (κ1) is 14.3. The highest BCUT2D eigenvalue weighted by molar-refractivity contribution is 4.89. The number of nitrogens with zero attached hydrogens (tertiary/aromatic N) is 1. The minimum absolute atomic E-state index is 0.384. The first-order valence-corrected chi connectivity index (χ1v) is 7.79. The Balaban J connectivity index is 1.82. The summed E-state index contributed by atoms with van der Waals surface area (Å²) in [5, 5.41) is 3.53. The van der Waals surface area contributed by atoms with Gasteiger partial charge in [-0.3, -0.25) is 0 Å². The number of piperidine rings is 1. The molecule has 0 aliphatic carbocycles. The van der Waals surface area contributed by atoms with Crippen molar-refractivity contribution < 1.29 is 4.74 Å². The zero-order valence-electron chi connectivity index (χ0n) is 12.2. The molecule has 0 radical (unpaired) electrons. The Labute approximate surface area is 112 Å². The fourth-order valence-corrected chi connectivity index (χ4v) is 3.39. The molecule has 1 unspecified atom stereocenters. The molecule has 2 rings (SSSR count). The van der Waals surface area contributed by atoms with E-state index in [-0.39, 0.29) is 0 Å². The van der Waals surface area contributed by atoms with Gasteiger partial charge in [0.2, 0.25) is 0 Å². The minimum Gasteiger partial charge on any atom is -0.381 e. The summed E-state index contributed by atoms with van der Waals surface area (Å²) < 4.78 is 5.67. The third kappa shape index (κ3) is 3.69. The zero-order valence-corrected chi connectivity index (χ0v) is 12.2. The molecular formula is C15H30N2O. The van der Waals surface area contributed by atoms with Crippen LogP contribution in [-0.2, 0) is 4.74 Å². The molecule has 0 aromatic heterocycles. The molecule has 0 saturated carbocycles. The maximum atomic E-state index is 5.67. The van der Waals surface area contributed by atoms with Gasteiger partial charge in [0.15, 0.2) is 0 Å². The standard InChI is InChI=1S/C15H30N2O/c1-3-14-5-8-17(9-6-14)12-15(11-16-4-2)7-10-18-13-15/h14,16H,3-13H2,1-2H3. The van der Waals surface area contributed by atoms with Gasteiger partial charge in [-0.15, -0.1) is 0 Å². The summed E-state index contributed by atoms with van der Waals surface area (Å²) in [6.07, 6.45) is 5.39. The minimum atomic E-state index is 0.384. The van der Waals surface area contributed by atoms with E-state index in [9.17, 15) is 0 Å². The average molecular weight is 254 g/mol. The summed E-state index contributed by atoms with van der Waals surface area (Å²) in [6, 6.07) is 0. The van der Waals surface area contributed by atoms with Gasteiger partial charge < -0.3 is 15.0 Å². The van der Waals surface area contributed by atoms with Crippen molar-refractivity contribution in [1.29, 1.82) is 0 Å². The van der Waals surface area contributed by atoms with Crippen LogP contribution in [0.15, 0.2) is 0 Å². The van der Waals surface area contributed by atoms with E-state index in [2.05, 4.69) is 24.1 Å². The van der Waals surface area contributed by atoms with E-state index in [1.54, 1.807) is 0 Å². The summed E-state index contributed by atoms with van der Waals surface area (Å²) in [5.41, 5.74) is 0.384. The van der Waals surface area contributed by atoms with Gasteiger partial charge >= 0.3 is 0 Å². The van der Waals surface area contributed by atoms with Gasteiger partial charge in [0.05, 0.1) is 6.61 Å². The Morgan fingerprint density at radius 1 is 1.28 bits per heavy atom. The van der Waals surface area contributed by atoms with Crippen LogP contribution in [0.3, 0.4) is 0 Å². The fourth-order valence-electron chi connectivity index (χ4n) is 3.39. The van der Waals surface area contributed by atoms with Crippen molar-refractivity contribution in [2.45, 2.75) is 39.5 Å². The van der Waals surface area contributed by atoms with E-state index in [4.69, 9.17) is 4.74 Å². The van der Waals surface area contributed by atoms with E-state index in [1.165, 1.54) is 45.3 Å². The van der Waals surface area contributed by atoms with E-state index in [1.807, 2.05) is 0 Å². The largest absolute Gasteiger partial charge is 0.381 e. The van der Waals surface area contributed by atoms with Gasteiger partial charge in [0.25, 0.3) is 0 Å². The second kappa shape index (κ2) is 6.88. The average Bonchev–Trinajstić information content (AvgIpc) is 2.86. The van der Waals surface area contributed by atoms with Gasteiger partial charge in [-0.2, -0.15) is 0 Å². The van der Waals surface area contributed by atoms with E-state index < -0.39 is 0 Å². The molecule has 3 nitrogen and oxygen atoms in total. The molecule has 2 heterocycles. The second-order valence-corrected chi connectivity index (χ2v) is 6.21. The monoisotopic (exact) mass is 254 g/mol. The van der Waals surface area contributed by atoms with Crippen molar-refractivity contribution in [3.05, 3.63) is 0 Å². The SMILES string of the molecule is CCNCC1(CN2CCC(CC)CC2)CCOC1. The van der Waals surface area contributed by atoms with Crippen molar-refractivity contribution in [1.82, 2.24) is 10.2 Å². The topological polar surface area (TPSA) is 24.5 Å². The lowest BCUT2D eigenvalue weighted by Gasteiger charge is -2.38. The molecule has 2 fully saturated rings. The van der Waals surface area contributed by atoms with Crippen LogP contribution in [0.25, 0.3) is 0 Å². The molecule has 0 aromatic rings. The second-order valence-electron chi connectivity index (χ2n) is 6.21. The maximum Gasteiger partial charge on any atom is 0.0547 e. The molecule has 0 spiro atoms. The molecule has 1 N–H and O–H groups in total. The van der Waals surface area contributed by atoms with Gasteiger partial charge in [-0.1, -0.05) is 20.3 Å².